The van der Waals surface area contributed by atoms with Gasteiger partial charge < -0.3 is 10.8 Å². The van der Waals surface area contributed by atoms with E-state index in [9.17, 15) is 14.4 Å². The summed E-state index contributed by atoms with van der Waals surface area (Å²) in [4.78, 5) is 32.2. The van der Waals surface area contributed by atoms with Gasteiger partial charge in [0.2, 0.25) is 5.91 Å². The Kier molecular flexibility index (Phi) is 3.24. The summed E-state index contributed by atoms with van der Waals surface area (Å²) in [6.45, 7) is 1.25. The van der Waals surface area contributed by atoms with Crippen molar-refractivity contribution in [3.05, 3.63) is 17.5 Å². The Morgan fingerprint density at radius 2 is 2.19 bits per heavy atom. The van der Waals surface area contributed by atoms with E-state index in [0.717, 1.165) is 6.20 Å². The predicted molar refractivity (Wildman–Crippen MR) is 51.6 cm³/mol. The molecule has 16 heavy (non-hydrogen) atoms. The Morgan fingerprint density at radius 3 is 2.62 bits per heavy atom. The number of carboxylic acid groups (broad SMARTS) is 1. The Balaban J connectivity index is 2.79. The minimum Gasteiger partial charge on any atom is -0.478 e. The van der Waals surface area contributed by atoms with Crippen molar-refractivity contribution in [2.45, 2.75) is 13.5 Å². The topological polar surface area (TPSA) is 127 Å². The second-order valence-electron chi connectivity index (χ2n) is 3.02. The van der Waals surface area contributed by atoms with Crippen molar-refractivity contribution in [1.29, 1.82) is 0 Å². The Hall–Kier alpha value is -2.38. The molecular weight excluding hydrogens is 216 g/mol. The number of aromatic nitrogens is 2. The highest BCUT2D eigenvalue weighted by molar-refractivity contribution is 5.93. The summed E-state index contributed by atoms with van der Waals surface area (Å²) in [5.41, 5.74) is 5.08. The van der Waals surface area contributed by atoms with Gasteiger partial charge in [0.25, 0.3) is 0 Å². The quantitative estimate of drug-likeness (QED) is 0.614. The molecule has 0 saturated heterocycles. The van der Waals surface area contributed by atoms with E-state index in [1.54, 1.807) is 0 Å². The number of hydrogen-bond acceptors (Lipinski definition) is 4. The number of carboxylic acids is 1. The van der Waals surface area contributed by atoms with Crippen LogP contribution in [0.1, 0.15) is 16.1 Å². The van der Waals surface area contributed by atoms with Crippen molar-refractivity contribution >= 4 is 17.9 Å². The maximum absolute atomic E-state index is 11.1. The summed E-state index contributed by atoms with van der Waals surface area (Å²) in [5.74, 6) is -1.78. The number of carbonyl (C=O) groups excluding carboxylic acids is 2. The van der Waals surface area contributed by atoms with Crippen LogP contribution in [0.4, 0.5) is 4.79 Å². The second-order valence-corrected chi connectivity index (χ2v) is 3.02. The number of aromatic carboxylic acids is 1. The van der Waals surface area contributed by atoms with E-state index < -0.39 is 17.9 Å². The van der Waals surface area contributed by atoms with E-state index in [1.807, 2.05) is 5.32 Å². The van der Waals surface area contributed by atoms with E-state index in [-0.39, 0.29) is 12.1 Å². The molecule has 0 aromatic carbocycles. The first-order valence-electron chi connectivity index (χ1n) is 4.26. The van der Waals surface area contributed by atoms with Gasteiger partial charge in [0.1, 0.15) is 12.1 Å². The molecule has 1 heterocycles. The van der Waals surface area contributed by atoms with Crippen LogP contribution >= 0.6 is 0 Å². The van der Waals surface area contributed by atoms with Crippen molar-refractivity contribution < 1.29 is 19.5 Å². The molecule has 1 aromatic heterocycles. The van der Waals surface area contributed by atoms with Gasteiger partial charge in [-0.15, -0.1) is 0 Å². The van der Waals surface area contributed by atoms with Crippen LogP contribution in [0, 0.1) is 6.92 Å². The second kappa shape index (κ2) is 4.43. The monoisotopic (exact) mass is 226 g/mol. The number of nitrogens with zero attached hydrogens (tertiary/aromatic N) is 2. The number of urea groups is 1. The average Bonchev–Trinajstić information content (AvgIpc) is 2.46. The van der Waals surface area contributed by atoms with Gasteiger partial charge in [-0.2, -0.15) is 5.10 Å². The van der Waals surface area contributed by atoms with E-state index in [1.165, 1.54) is 11.6 Å². The molecule has 0 aliphatic carbocycles. The fourth-order valence-corrected chi connectivity index (χ4v) is 1.13. The summed E-state index contributed by atoms with van der Waals surface area (Å²) < 4.78 is 1.17. The lowest BCUT2D eigenvalue weighted by Crippen LogP contribution is -2.37. The van der Waals surface area contributed by atoms with E-state index in [4.69, 9.17) is 10.8 Å². The van der Waals surface area contributed by atoms with Crippen molar-refractivity contribution in [2.75, 3.05) is 0 Å². The van der Waals surface area contributed by atoms with Crippen molar-refractivity contribution in [2.24, 2.45) is 5.73 Å². The number of carbonyl (C=O) groups is 3. The number of rotatable bonds is 3. The van der Waals surface area contributed by atoms with E-state index >= 15 is 0 Å². The fourth-order valence-electron chi connectivity index (χ4n) is 1.13. The van der Waals surface area contributed by atoms with Crippen LogP contribution in [0.5, 0.6) is 0 Å². The van der Waals surface area contributed by atoms with E-state index in [0.29, 0.717) is 5.69 Å². The highest BCUT2D eigenvalue weighted by Crippen LogP contribution is 2.06. The number of nitrogens with two attached hydrogens (primary N) is 1. The summed E-state index contributed by atoms with van der Waals surface area (Å²) >= 11 is 0. The van der Waals surface area contributed by atoms with Crippen LogP contribution in [-0.2, 0) is 11.3 Å². The van der Waals surface area contributed by atoms with Crippen LogP contribution in [-0.4, -0.2) is 32.8 Å². The standard InChI is InChI=1S/C8H10N4O4/c1-4-5(7(14)15)2-10-12(4)3-6(13)11-8(9)16/h2H,3H2,1H3,(H,14,15)(H3,9,11,13,16). The van der Waals surface area contributed by atoms with Gasteiger partial charge in [0, 0.05) is 0 Å². The van der Waals surface area contributed by atoms with Crippen LogP contribution in [0.2, 0.25) is 0 Å². The maximum Gasteiger partial charge on any atom is 0.339 e. The largest absolute Gasteiger partial charge is 0.478 e. The van der Waals surface area contributed by atoms with Gasteiger partial charge in [-0.3, -0.25) is 14.8 Å². The number of hydrogen-bond donors (Lipinski definition) is 3. The number of nitrogens with one attached hydrogen (secondary N) is 1. The molecule has 0 aliphatic rings. The molecule has 8 nitrogen and oxygen atoms in total. The summed E-state index contributed by atoms with van der Waals surface area (Å²) in [7, 11) is 0. The summed E-state index contributed by atoms with van der Waals surface area (Å²) in [5, 5.41) is 14.3. The van der Waals surface area contributed by atoms with Gasteiger partial charge in [-0.25, -0.2) is 9.59 Å². The number of amides is 3. The van der Waals surface area contributed by atoms with Gasteiger partial charge in [-0.1, -0.05) is 0 Å². The summed E-state index contributed by atoms with van der Waals surface area (Å²) in [6.07, 6.45) is 1.13. The first-order chi connectivity index (χ1) is 7.41. The SMILES string of the molecule is Cc1c(C(=O)O)cnn1CC(=O)NC(N)=O. The third kappa shape index (κ3) is 2.56. The molecule has 0 unspecified atom stereocenters. The molecule has 0 spiro atoms. The lowest BCUT2D eigenvalue weighted by atomic mass is 10.3. The maximum atomic E-state index is 11.1. The zero-order valence-corrected chi connectivity index (χ0v) is 8.43. The van der Waals surface area contributed by atoms with Crippen LogP contribution in [0.3, 0.4) is 0 Å². The average molecular weight is 226 g/mol. The lowest BCUT2D eigenvalue weighted by Gasteiger charge is -2.03. The molecule has 0 saturated carbocycles. The molecular formula is C8H10N4O4. The summed E-state index contributed by atoms with van der Waals surface area (Å²) in [6, 6.07) is -0.965. The molecule has 4 N–H and O–H groups in total. The van der Waals surface area contributed by atoms with Crippen LogP contribution in [0.25, 0.3) is 0 Å². The van der Waals surface area contributed by atoms with E-state index in [2.05, 4.69) is 5.10 Å². The highest BCUT2D eigenvalue weighted by Gasteiger charge is 2.14. The smallest absolute Gasteiger partial charge is 0.339 e. The molecule has 0 aliphatic heterocycles. The zero-order valence-electron chi connectivity index (χ0n) is 8.43. The third-order valence-electron chi connectivity index (χ3n) is 1.89. The third-order valence-corrected chi connectivity index (χ3v) is 1.89. The van der Waals surface area contributed by atoms with Crippen molar-refractivity contribution in [3.8, 4) is 0 Å². The van der Waals surface area contributed by atoms with Crippen LogP contribution < -0.4 is 11.1 Å². The normalized spacial score (nSPS) is 9.81. The number of imide groups is 1. The minimum atomic E-state index is -1.13. The molecule has 1 rings (SSSR count). The molecule has 0 radical (unpaired) electrons. The fraction of sp³-hybridized carbons (Fsp3) is 0.250. The molecule has 8 heteroatoms. The van der Waals surface area contributed by atoms with Crippen molar-refractivity contribution in [1.82, 2.24) is 15.1 Å². The highest BCUT2D eigenvalue weighted by atomic mass is 16.4. The molecule has 86 valence electrons. The molecule has 0 bridgehead atoms. The zero-order chi connectivity index (χ0) is 12.3. The molecule has 0 fully saturated rings. The van der Waals surface area contributed by atoms with Gasteiger partial charge in [0.05, 0.1) is 11.9 Å². The molecule has 3 amide bonds. The molecule has 1 aromatic rings. The van der Waals surface area contributed by atoms with Gasteiger partial charge in [-0.05, 0) is 6.92 Å². The molecule has 0 atom stereocenters. The van der Waals surface area contributed by atoms with Gasteiger partial charge >= 0.3 is 12.0 Å². The van der Waals surface area contributed by atoms with Crippen molar-refractivity contribution in [3.63, 3.8) is 0 Å². The Bertz CT molecular complexity index is 451. The van der Waals surface area contributed by atoms with Crippen LogP contribution in [0.15, 0.2) is 6.20 Å². The Labute approximate surface area is 90.0 Å². The lowest BCUT2D eigenvalue weighted by molar-refractivity contribution is -0.120. The minimum absolute atomic E-state index is 0.00637. The van der Waals surface area contributed by atoms with Gasteiger partial charge in [0.15, 0.2) is 0 Å². The first-order valence-corrected chi connectivity index (χ1v) is 4.26. The number of primary amides is 1. The Morgan fingerprint density at radius 1 is 1.56 bits per heavy atom. The first kappa shape index (κ1) is 11.7. The predicted octanol–water partition coefficient (Wildman–Crippen LogP) is -0.915.